The molecule has 0 atom stereocenters. The van der Waals surface area contributed by atoms with Crippen molar-refractivity contribution >= 4 is 346 Å². The van der Waals surface area contributed by atoms with Crippen molar-refractivity contribution in [3.05, 3.63) is 419 Å². The van der Waals surface area contributed by atoms with Gasteiger partial charge in [0, 0.05) is 104 Å². The monoisotopic (exact) mass is 2290 g/mol. The van der Waals surface area contributed by atoms with Crippen LogP contribution < -0.4 is 42.5 Å². The summed E-state index contributed by atoms with van der Waals surface area (Å²) in [5, 5.41) is 39.6. The van der Waals surface area contributed by atoms with Gasteiger partial charge in [0.05, 0.1) is 115 Å². The van der Waals surface area contributed by atoms with Gasteiger partial charge < -0.3 is 122 Å². The summed E-state index contributed by atoms with van der Waals surface area (Å²) in [6.07, 6.45) is 0. The first-order chi connectivity index (χ1) is 70.3. The number of anilines is 2. The van der Waals surface area contributed by atoms with E-state index in [1.165, 1.54) is 124 Å². The molecule has 147 heavy (non-hydrogen) atoms. The van der Waals surface area contributed by atoms with Gasteiger partial charge in [-0.2, -0.15) is 0 Å². The van der Waals surface area contributed by atoms with Crippen LogP contribution in [0, 0.1) is 71.0 Å². The molecule has 0 bridgehead atoms. The molecule has 26 rings (SSSR count). The fraction of sp³-hybridized carbons (Fsp3) is 0. The van der Waals surface area contributed by atoms with Gasteiger partial charge in [-0.25, -0.2) is 35.2 Å². The fourth-order valence-electron chi connectivity index (χ4n) is 15.6. The second kappa shape index (κ2) is 54.0. The molecule has 5 aliphatic rings. The number of aromatic amines is 2. The topological polar surface area (TPSA) is 426 Å². The van der Waals surface area contributed by atoms with Gasteiger partial charge in [0.2, 0.25) is 29.5 Å². The number of para-hydroxylation sites is 11. The molecular weight excluding hydrogens is 2220 g/mol. The zero-order valence-corrected chi connectivity index (χ0v) is 97.8. The molecule has 0 aliphatic carbocycles. The molecular formula is C108H70BrFeK3N15O9S10. The number of thiol groups is 1. The van der Waals surface area contributed by atoms with Gasteiger partial charge in [-0.05, 0) is 212 Å². The number of H-pyrrole nitrogens is 2. The maximum Gasteiger partial charge on any atom is 0.0789 e. The molecule has 0 spiro atoms. The Kier molecular flexibility index (Phi) is 42.8. The number of benzene rings is 17. The largest absolute Gasteiger partial charge is 0.353 e. The summed E-state index contributed by atoms with van der Waals surface area (Å²) in [6.45, 7) is 28.5. The molecule has 24 nitrogen and oxygen atoms in total. The number of nitrogens with one attached hydrogen (secondary N) is 2. The van der Waals surface area contributed by atoms with E-state index in [0.717, 1.165) is 95.1 Å². The Balaban J connectivity index is 0.000000184. The summed E-state index contributed by atoms with van der Waals surface area (Å²) in [6, 6.07) is 115. The molecule has 21 aromatic rings. The molecule has 5 aliphatic heterocycles. The second-order valence-corrected chi connectivity index (χ2v) is 43.6. The zero-order chi connectivity index (χ0) is 103. The van der Waals surface area contributed by atoms with Crippen LogP contribution >= 0.6 is 97.4 Å². The number of aromatic nitrogens is 4. The molecule has 9 heterocycles. The van der Waals surface area contributed by atoms with Gasteiger partial charge in [0.1, 0.15) is 63.9 Å². The maximum atomic E-state index is 13.6. The van der Waals surface area contributed by atoms with Gasteiger partial charge >= 0.3 is 80.2 Å². The van der Waals surface area contributed by atoms with Gasteiger partial charge in [-0.3, -0.25) is 0 Å². The number of ether oxygens (including phenoxy) is 3. The van der Waals surface area contributed by atoms with Crippen LogP contribution in [0.3, 0.4) is 0 Å². The first-order valence-corrected chi connectivity index (χ1v) is 69.4. The third-order valence-corrected chi connectivity index (χ3v) is 34.8. The Morgan fingerprint density at radius 3 is 1.02 bits per heavy atom. The Morgan fingerprint density at radius 2 is 0.639 bits per heavy atom. The van der Waals surface area contributed by atoms with Gasteiger partial charge in [0.15, 0.2) is 0 Å². The van der Waals surface area contributed by atoms with E-state index in [4.69, 9.17) is 107 Å². The third kappa shape index (κ3) is 25.6. The first-order valence-electron chi connectivity index (χ1n) is 42.8. The minimum Gasteiger partial charge on any atom is -0.353 e. The summed E-state index contributed by atoms with van der Waals surface area (Å²) in [4.78, 5) is 23.3. The molecule has 709 valence electrons. The maximum absolute atomic E-state index is 13.6. The van der Waals surface area contributed by atoms with Crippen LogP contribution in [0.15, 0.2) is 432 Å². The van der Waals surface area contributed by atoms with E-state index in [-0.39, 0.29) is 115 Å². The number of sulfone groups is 3. The smallest absolute Gasteiger partial charge is 0.0789 e. The Morgan fingerprint density at radius 1 is 0.320 bits per heavy atom. The van der Waals surface area contributed by atoms with E-state index < -0.39 is 29.5 Å². The van der Waals surface area contributed by atoms with Crippen LogP contribution in [0.2, 0.25) is 0 Å². The van der Waals surface area contributed by atoms with Crippen LogP contribution in [0.1, 0.15) is 0 Å². The number of nitrogens with two attached hydrogens (primary N) is 2. The molecule has 0 amide bonds. The summed E-state index contributed by atoms with van der Waals surface area (Å²) in [5.41, 5.74) is 24.5. The molecule has 4 aromatic heterocycles. The number of fused-ring (bicyclic) bond motifs is 18. The summed E-state index contributed by atoms with van der Waals surface area (Å²) >= 11 is 20.4. The van der Waals surface area contributed by atoms with Crippen molar-refractivity contribution in [1.82, 2.24) is 25.3 Å². The molecule has 0 fully saturated rings. The van der Waals surface area contributed by atoms with E-state index in [1.807, 2.05) is 126 Å². The average molecular weight is 2300 g/mol. The third-order valence-electron chi connectivity index (χ3n) is 21.7. The van der Waals surface area contributed by atoms with Crippen molar-refractivity contribution in [3.63, 3.8) is 0 Å². The van der Waals surface area contributed by atoms with Crippen LogP contribution in [-0.2, 0) is 46.6 Å². The fourth-order valence-corrected chi connectivity index (χ4v) is 26.6. The van der Waals surface area contributed by atoms with Crippen molar-refractivity contribution in [2.24, 2.45) is 9.98 Å². The van der Waals surface area contributed by atoms with Gasteiger partial charge in [-0.1, -0.05) is 179 Å². The first kappa shape index (κ1) is 116. The number of nitrogen functional groups attached to an aromatic ring is 2. The zero-order valence-electron chi connectivity index (χ0n) is 77.5. The standard InChI is InChI=1S/C42H24N2O6S4.C18H12N2S2.C18H10N2S2.C12H7BrO3S.C6H7NS.C6H7N.6CN.Fe.3K.H3N/c45-53(46)39-15-7-3-11-31(39)49-33-21-25(17-19-41(33)53)43-27-9-1-5-13-35(27)51-37-24-30-38(23-29(37)43)52-36-14-6-2-10-28(36)44(30)26-18-20-42-34(22-26)50-32-12-4-8-16-40(32)54(42,47)48;2*1-3-7-15-11(5-1)19-13-9-18-14(10-17(13)21-15)20-12-6-2-4-8-16(12)22-18;13-8-5-6-12-10(7-8)16-9-3-1-2-4-11(9)17(12,14)15;7-5-3-1-2-4-6(5)8;7-6-4-2-1-3-5-6;6*1-2;;;;;/h1-24H;1-10,19-20H;1-10H;1-7H;1-4,8H,7H2;1-5H,7H2;;;;;;;;;;;1H3/q;;;;;;6*-1;+6;;;;. The van der Waals surface area contributed by atoms with Crippen LogP contribution in [0.4, 0.5) is 22.7 Å². The summed E-state index contributed by atoms with van der Waals surface area (Å²) in [7, 11) is -11.0. The normalized spacial score (nSPS) is 12.1. The number of halogens is 1. The van der Waals surface area contributed by atoms with Crippen molar-refractivity contribution < 1.29 is 56.5 Å². The minimum absolute atomic E-state index is 0. The summed E-state index contributed by atoms with van der Waals surface area (Å²) < 4.78 is 111. The van der Waals surface area contributed by atoms with Crippen molar-refractivity contribution in [2.45, 2.75) is 53.9 Å². The predicted octanol–water partition coefficient (Wildman–Crippen LogP) is 27.5. The molecule has 9 N–H and O–H groups in total. The van der Waals surface area contributed by atoms with E-state index >= 15 is 0 Å². The number of rotatable bonds is 2. The quantitative estimate of drug-likeness (QED) is 0.0308. The van der Waals surface area contributed by atoms with Crippen LogP contribution in [-0.4, -0.2) is 159 Å². The SMILES string of the molecule is N.Nc1ccccc1.Nc1ccccc1S.O=S1(=O)c2ccccc2Oc2cc(-n3c4ccccc4sc4cc5c(cc43)sc3ccccc3n5-c3ccc4c(c3)Oc3ccccc3S4(=O)=O)ccc21.O=S1(=O)c2ccccc2Oc2cc(Br)ccc21.[C-]#N.[C-]#N.[C-]#N.[C-]#N.[C-]#N.[C-]#N.[Fe+6].[K].[K][K].c1ccc2c(c1)N=c1cc3c(cc1S2)=Nc1ccccc1S3.c1ccc2sc3cc4[nH]c5ccccc5sc4cc3[nH]c2c1. The minimum atomic E-state index is -3.77. The Labute approximate surface area is 983 Å². The number of hydrogen-bond acceptors (Lipinski definition) is 27. The van der Waals surface area contributed by atoms with E-state index in [0.29, 0.717) is 23.0 Å². The molecule has 39 heteroatoms. The number of nitrogens with zero attached hydrogens (tertiary/aromatic N) is 10. The number of hydrogen-bond donors (Lipinski definition) is 6. The summed E-state index contributed by atoms with van der Waals surface area (Å²) in [5.74, 6) is 1.88. The Hall–Kier alpha value is -10.9. The molecule has 0 saturated carbocycles. The van der Waals surface area contributed by atoms with Crippen molar-refractivity contribution in [2.75, 3.05) is 11.5 Å². The second-order valence-electron chi connectivity index (χ2n) is 30.0. The molecule has 1 radical (unpaired) electrons. The average Bonchev–Trinajstić information content (AvgIpc) is 0.728. The van der Waals surface area contributed by atoms with E-state index in [9.17, 15) is 25.3 Å². The molecule has 0 saturated heterocycles. The van der Waals surface area contributed by atoms with Crippen LogP contribution in [0.25, 0.3) is 93.1 Å². The Bertz CT molecular complexity index is 8690. The van der Waals surface area contributed by atoms with Crippen molar-refractivity contribution in [3.8, 4) is 45.9 Å². The van der Waals surface area contributed by atoms with Gasteiger partial charge in [-0.15, -0.1) is 58.0 Å². The van der Waals surface area contributed by atoms with Gasteiger partial charge in [0.25, 0.3) is 0 Å². The molecule has 0 unspecified atom stereocenters. The van der Waals surface area contributed by atoms with E-state index in [2.05, 4.69) is 193 Å². The molecule has 17 aromatic carbocycles. The van der Waals surface area contributed by atoms with E-state index in [1.54, 1.807) is 161 Å². The van der Waals surface area contributed by atoms with Crippen molar-refractivity contribution in [1.29, 1.82) is 31.6 Å². The predicted molar refractivity (Wildman–Crippen MR) is 587 cm³/mol. The van der Waals surface area contributed by atoms with Crippen LogP contribution in [0.5, 0.6) is 34.5 Å².